The zero-order valence-corrected chi connectivity index (χ0v) is 20.7. The number of hydrogen-bond donors (Lipinski definition) is 3. The average molecular weight is 497 g/mol. The largest absolute Gasteiger partial charge is 0.481 e. The molecule has 0 aromatic heterocycles. The lowest BCUT2D eigenvalue weighted by molar-refractivity contribution is -0.143. The zero-order valence-electron chi connectivity index (χ0n) is 19.9. The van der Waals surface area contributed by atoms with E-state index in [4.69, 9.17) is 4.74 Å². The number of nitrogens with one attached hydrogen (secondary N) is 2. The predicted octanol–water partition coefficient (Wildman–Crippen LogP) is 4.26. The average Bonchev–Trinajstić information content (AvgIpc) is 3.47. The summed E-state index contributed by atoms with van der Waals surface area (Å²) in [6.45, 7) is 0.483. The Hall–Kier alpha value is -3.00. The van der Waals surface area contributed by atoms with Gasteiger partial charge in [0.2, 0.25) is 5.91 Å². The first-order valence-corrected chi connectivity index (χ1v) is 13.5. The molecule has 1 saturated carbocycles. The Morgan fingerprint density at radius 2 is 1.71 bits per heavy atom. The molecule has 2 aromatic rings. The summed E-state index contributed by atoms with van der Waals surface area (Å²) >= 11 is 1.59. The molecule has 2 amide bonds. The van der Waals surface area contributed by atoms with Crippen LogP contribution in [0, 0.1) is 11.8 Å². The van der Waals surface area contributed by atoms with Crippen LogP contribution in [0.4, 0.5) is 4.79 Å². The number of carbonyl (C=O) groups is 3. The van der Waals surface area contributed by atoms with Gasteiger partial charge in [-0.25, -0.2) is 4.79 Å². The molecule has 0 radical (unpaired) electrons. The van der Waals surface area contributed by atoms with E-state index in [-0.39, 0.29) is 24.3 Å². The SMILES string of the molecule is CSCC[C@H](NC(=O)OCC1c2ccccc2-c2ccccc21)C(=O)NC[C@H]1CCC[C@H]1C(=O)O. The molecule has 0 aliphatic heterocycles. The molecule has 2 aliphatic rings. The lowest BCUT2D eigenvalue weighted by Crippen LogP contribution is -2.48. The highest BCUT2D eigenvalue weighted by molar-refractivity contribution is 7.98. The van der Waals surface area contributed by atoms with E-state index in [1.165, 1.54) is 0 Å². The Morgan fingerprint density at radius 3 is 2.34 bits per heavy atom. The van der Waals surface area contributed by atoms with Crippen LogP contribution in [-0.2, 0) is 14.3 Å². The number of fused-ring (bicyclic) bond motifs is 3. The third-order valence-corrected chi connectivity index (χ3v) is 7.72. The minimum Gasteiger partial charge on any atom is -0.481 e. The van der Waals surface area contributed by atoms with E-state index in [0.29, 0.717) is 25.1 Å². The number of ether oxygens (including phenoxy) is 1. The van der Waals surface area contributed by atoms with Crippen molar-refractivity contribution in [1.82, 2.24) is 10.6 Å². The normalized spacial score (nSPS) is 19.5. The molecule has 1 fully saturated rings. The van der Waals surface area contributed by atoms with Crippen LogP contribution in [0.5, 0.6) is 0 Å². The van der Waals surface area contributed by atoms with E-state index in [0.717, 1.165) is 35.1 Å². The standard InChI is InChI=1S/C27H32N2O5S/c1-35-14-13-24(25(30)28-15-17-7-6-12-18(17)26(31)32)29-27(33)34-16-23-21-10-4-2-8-19(21)20-9-3-5-11-22(20)23/h2-5,8-11,17-18,23-24H,6-7,12-16H2,1H3,(H,28,30)(H,29,33)(H,31,32)/t17-,18-,24+/m1/s1. The second-order valence-electron chi connectivity index (χ2n) is 9.18. The molecule has 3 atom stereocenters. The fraction of sp³-hybridized carbons (Fsp3) is 0.444. The Bertz CT molecular complexity index is 1030. The number of hydrogen-bond acceptors (Lipinski definition) is 5. The zero-order chi connectivity index (χ0) is 24.8. The summed E-state index contributed by atoms with van der Waals surface area (Å²) in [5, 5.41) is 15.0. The smallest absolute Gasteiger partial charge is 0.407 e. The van der Waals surface area contributed by atoms with E-state index in [1.54, 1.807) is 11.8 Å². The van der Waals surface area contributed by atoms with Crippen molar-refractivity contribution in [2.45, 2.75) is 37.6 Å². The third-order valence-electron chi connectivity index (χ3n) is 7.08. The Morgan fingerprint density at radius 1 is 1.06 bits per heavy atom. The van der Waals surface area contributed by atoms with Crippen molar-refractivity contribution in [2.24, 2.45) is 11.8 Å². The molecule has 0 spiro atoms. The van der Waals surface area contributed by atoms with Crippen molar-refractivity contribution in [3.8, 4) is 11.1 Å². The van der Waals surface area contributed by atoms with Gasteiger partial charge in [0.15, 0.2) is 0 Å². The quantitative estimate of drug-likeness (QED) is 0.454. The van der Waals surface area contributed by atoms with E-state index < -0.39 is 24.0 Å². The fourth-order valence-electron chi connectivity index (χ4n) is 5.25. The highest BCUT2D eigenvalue weighted by Gasteiger charge is 2.34. The molecule has 8 heteroatoms. The van der Waals surface area contributed by atoms with Gasteiger partial charge < -0.3 is 20.5 Å². The number of carboxylic acid groups (broad SMARTS) is 1. The molecule has 3 N–H and O–H groups in total. The highest BCUT2D eigenvalue weighted by Crippen LogP contribution is 2.44. The maximum Gasteiger partial charge on any atom is 0.407 e. The van der Waals surface area contributed by atoms with Crippen LogP contribution >= 0.6 is 11.8 Å². The monoisotopic (exact) mass is 496 g/mol. The molecule has 4 rings (SSSR count). The van der Waals surface area contributed by atoms with E-state index in [9.17, 15) is 19.5 Å². The predicted molar refractivity (Wildman–Crippen MR) is 136 cm³/mol. The Kier molecular flexibility index (Phi) is 8.33. The van der Waals surface area contributed by atoms with Gasteiger partial charge in [0.25, 0.3) is 0 Å². The van der Waals surface area contributed by atoms with Gasteiger partial charge in [0, 0.05) is 12.5 Å². The Balaban J connectivity index is 1.35. The number of rotatable bonds is 10. The summed E-state index contributed by atoms with van der Waals surface area (Å²) in [4.78, 5) is 37.0. The second-order valence-corrected chi connectivity index (χ2v) is 10.2. The van der Waals surface area contributed by atoms with Crippen molar-refractivity contribution >= 4 is 29.7 Å². The van der Waals surface area contributed by atoms with Gasteiger partial charge >= 0.3 is 12.1 Å². The third kappa shape index (κ3) is 5.81. The van der Waals surface area contributed by atoms with E-state index in [1.807, 2.05) is 30.5 Å². The maximum absolute atomic E-state index is 12.9. The summed E-state index contributed by atoms with van der Waals surface area (Å²) in [5.74, 6) is -0.965. The van der Waals surface area contributed by atoms with E-state index >= 15 is 0 Å². The van der Waals surface area contributed by atoms with Gasteiger partial charge in [-0.05, 0) is 59.4 Å². The van der Waals surface area contributed by atoms with Crippen molar-refractivity contribution < 1.29 is 24.2 Å². The van der Waals surface area contributed by atoms with Crippen LogP contribution in [0.25, 0.3) is 11.1 Å². The van der Waals surface area contributed by atoms with Crippen LogP contribution in [0.1, 0.15) is 42.7 Å². The first-order chi connectivity index (χ1) is 17.0. The number of thioether (sulfide) groups is 1. The summed E-state index contributed by atoms with van der Waals surface area (Å²) in [6.07, 6.45) is 4.06. The lowest BCUT2D eigenvalue weighted by atomic mass is 9.96. The summed E-state index contributed by atoms with van der Waals surface area (Å²) < 4.78 is 5.61. The molecule has 35 heavy (non-hydrogen) atoms. The fourth-order valence-corrected chi connectivity index (χ4v) is 5.72. The summed E-state index contributed by atoms with van der Waals surface area (Å²) in [5.41, 5.74) is 4.56. The topological polar surface area (TPSA) is 105 Å². The van der Waals surface area contributed by atoms with Gasteiger partial charge in [0.05, 0.1) is 5.92 Å². The van der Waals surface area contributed by atoms with Crippen LogP contribution in [-0.4, -0.2) is 54.3 Å². The molecule has 0 bridgehead atoms. The van der Waals surface area contributed by atoms with Crippen molar-refractivity contribution in [2.75, 3.05) is 25.2 Å². The molecule has 7 nitrogen and oxygen atoms in total. The number of carboxylic acids is 1. The molecule has 2 aromatic carbocycles. The number of benzene rings is 2. The number of aliphatic carboxylic acids is 1. The van der Waals surface area contributed by atoms with Crippen LogP contribution in [0.15, 0.2) is 48.5 Å². The van der Waals surface area contributed by atoms with Crippen LogP contribution < -0.4 is 10.6 Å². The van der Waals surface area contributed by atoms with Crippen LogP contribution in [0.2, 0.25) is 0 Å². The van der Waals surface area contributed by atoms with Crippen LogP contribution in [0.3, 0.4) is 0 Å². The Labute approximate surface area is 210 Å². The first kappa shape index (κ1) is 25.1. The molecular formula is C27H32N2O5S. The van der Waals surface area contributed by atoms with Crippen molar-refractivity contribution in [1.29, 1.82) is 0 Å². The lowest BCUT2D eigenvalue weighted by Gasteiger charge is -2.21. The molecule has 2 aliphatic carbocycles. The first-order valence-electron chi connectivity index (χ1n) is 12.1. The number of alkyl carbamates (subject to hydrolysis) is 1. The van der Waals surface area contributed by atoms with Gasteiger partial charge in [-0.15, -0.1) is 0 Å². The summed E-state index contributed by atoms with van der Waals surface area (Å²) in [6, 6.07) is 15.5. The van der Waals surface area contributed by atoms with E-state index in [2.05, 4.69) is 34.9 Å². The van der Waals surface area contributed by atoms with Crippen molar-refractivity contribution in [3.63, 3.8) is 0 Å². The molecule has 186 valence electrons. The molecule has 0 heterocycles. The van der Waals surface area contributed by atoms with Gasteiger partial charge in [-0.3, -0.25) is 9.59 Å². The molecular weight excluding hydrogens is 464 g/mol. The highest BCUT2D eigenvalue weighted by atomic mass is 32.2. The van der Waals surface area contributed by atoms with Gasteiger partial charge in [0.1, 0.15) is 12.6 Å². The second kappa shape index (κ2) is 11.6. The minimum absolute atomic E-state index is 0.0538. The van der Waals surface area contributed by atoms with Crippen molar-refractivity contribution in [3.05, 3.63) is 59.7 Å². The minimum atomic E-state index is -0.808. The molecule has 0 saturated heterocycles. The number of carbonyl (C=O) groups excluding carboxylic acids is 2. The maximum atomic E-state index is 12.9. The van der Waals surface area contributed by atoms with Gasteiger partial charge in [-0.2, -0.15) is 11.8 Å². The van der Waals surface area contributed by atoms with Gasteiger partial charge in [-0.1, -0.05) is 55.0 Å². The summed E-state index contributed by atoms with van der Waals surface area (Å²) in [7, 11) is 0. The number of amides is 2. The molecule has 0 unspecified atom stereocenters.